The van der Waals surface area contributed by atoms with Gasteiger partial charge in [-0.2, -0.15) is 4.31 Å². The van der Waals surface area contributed by atoms with Crippen LogP contribution in [0.15, 0.2) is 53.4 Å². The minimum absolute atomic E-state index is 0.00918. The zero-order chi connectivity index (χ0) is 22.0. The molecular formula is C24H30N2O4S. The molecule has 0 N–H and O–H groups in total. The van der Waals surface area contributed by atoms with Crippen LogP contribution < -0.4 is 4.74 Å². The van der Waals surface area contributed by atoms with Gasteiger partial charge in [0, 0.05) is 24.7 Å². The van der Waals surface area contributed by atoms with Crippen molar-refractivity contribution in [2.45, 2.75) is 56.0 Å². The van der Waals surface area contributed by atoms with Crippen molar-refractivity contribution in [3.05, 3.63) is 59.7 Å². The van der Waals surface area contributed by atoms with Crippen molar-refractivity contribution in [2.75, 3.05) is 20.2 Å². The number of benzene rings is 2. The summed E-state index contributed by atoms with van der Waals surface area (Å²) in [5.74, 6) is 0.730. The number of piperidine rings is 1. The molecular weight excluding hydrogens is 412 g/mol. The van der Waals surface area contributed by atoms with Gasteiger partial charge < -0.3 is 9.64 Å². The van der Waals surface area contributed by atoms with E-state index in [0.717, 1.165) is 43.4 Å². The van der Waals surface area contributed by atoms with Crippen LogP contribution in [0.25, 0.3) is 0 Å². The number of ether oxygens (including phenoxy) is 1. The Kier molecular flexibility index (Phi) is 6.34. The van der Waals surface area contributed by atoms with E-state index < -0.39 is 10.0 Å². The molecule has 2 saturated heterocycles. The van der Waals surface area contributed by atoms with Gasteiger partial charge in [-0.15, -0.1) is 0 Å². The summed E-state index contributed by atoms with van der Waals surface area (Å²) in [6, 6.07) is 14.3. The normalized spacial score (nSPS) is 22.5. The molecule has 2 heterocycles. The van der Waals surface area contributed by atoms with Crippen LogP contribution in [-0.4, -0.2) is 49.8 Å². The number of carbonyl (C=O) groups is 1. The lowest BCUT2D eigenvalue weighted by atomic mass is 10.0. The molecule has 2 unspecified atom stereocenters. The molecule has 31 heavy (non-hydrogen) atoms. The van der Waals surface area contributed by atoms with Crippen molar-refractivity contribution >= 4 is 15.9 Å². The van der Waals surface area contributed by atoms with Gasteiger partial charge in [0.1, 0.15) is 5.75 Å². The molecule has 2 aromatic carbocycles. The second kappa shape index (κ2) is 9.01. The standard InChI is InChI=1S/C24H30N2O4S/c1-18-6-3-4-17-26(18)31(28,29)22-14-10-20(11-15-22)24(27)25-16-5-7-23(25)19-8-12-21(30-2)13-9-19/h8-15,18,23H,3-7,16-17H2,1-2H3. The topological polar surface area (TPSA) is 66.9 Å². The second-order valence-electron chi connectivity index (χ2n) is 8.41. The van der Waals surface area contributed by atoms with E-state index in [2.05, 4.69) is 0 Å². The Hall–Kier alpha value is -2.38. The van der Waals surface area contributed by atoms with Crippen molar-refractivity contribution in [2.24, 2.45) is 0 Å². The van der Waals surface area contributed by atoms with Crippen molar-refractivity contribution in [1.82, 2.24) is 9.21 Å². The molecule has 7 heteroatoms. The van der Waals surface area contributed by atoms with E-state index in [-0.39, 0.29) is 22.9 Å². The summed E-state index contributed by atoms with van der Waals surface area (Å²) in [5.41, 5.74) is 1.61. The lowest BCUT2D eigenvalue weighted by Gasteiger charge is -2.32. The largest absolute Gasteiger partial charge is 0.497 e. The second-order valence-corrected chi connectivity index (χ2v) is 10.3. The van der Waals surface area contributed by atoms with Gasteiger partial charge in [0.15, 0.2) is 0 Å². The number of hydrogen-bond acceptors (Lipinski definition) is 4. The van der Waals surface area contributed by atoms with E-state index in [4.69, 9.17) is 4.74 Å². The quantitative estimate of drug-likeness (QED) is 0.695. The van der Waals surface area contributed by atoms with Crippen LogP contribution >= 0.6 is 0 Å². The van der Waals surface area contributed by atoms with E-state index in [1.165, 1.54) is 0 Å². The molecule has 0 radical (unpaired) electrons. The Morgan fingerprint density at radius 2 is 1.65 bits per heavy atom. The Labute approximate surface area is 184 Å². The Balaban J connectivity index is 1.52. The number of amides is 1. The summed E-state index contributed by atoms with van der Waals surface area (Å²) in [4.78, 5) is 15.4. The Morgan fingerprint density at radius 3 is 2.29 bits per heavy atom. The third-order valence-corrected chi connectivity index (χ3v) is 8.49. The first-order chi connectivity index (χ1) is 14.9. The van der Waals surface area contributed by atoms with E-state index in [1.807, 2.05) is 36.1 Å². The average molecular weight is 443 g/mol. The highest BCUT2D eigenvalue weighted by atomic mass is 32.2. The van der Waals surface area contributed by atoms with Gasteiger partial charge in [-0.25, -0.2) is 8.42 Å². The Morgan fingerprint density at radius 1 is 0.935 bits per heavy atom. The van der Waals surface area contributed by atoms with Crippen LogP contribution in [-0.2, 0) is 10.0 Å². The summed E-state index contributed by atoms with van der Waals surface area (Å²) < 4.78 is 32.9. The number of sulfonamides is 1. The van der Waals surface area contributed by atoms with E-state index in [1.54, 1.807) is 35.7 Å². The summed E-state index contributed by atoms with van der Waals surface area (Å²) in [7, 11) is -1.90. The summed E-state index contributed by atoms with van der Waals surface area (Å²) in [5, 5.41) is 0. The first kappa shape index (κ1) is 21.8. The molecule has 1 amide bonds. The lowest BCUT2D eigenvalue weighted by Crippen LogP contribution is -2.41. The maximum Gasteiger partial charge on any atom is 0.254 e. The molecule has 6 nitrogen and oxygen atoms in total. The molecule has 4 rings (SSSR count). The first-order valence-electron chi connectivity index (χ1n) is 11.0. The predicted octanol–water partition coefficient (Wildman–Crippen LogP) is 4.24. The van der Waals surface area contributed by atoms with Gasteiger partial charge in [0.25, 0.3) is 5.91 Å². The highest BCUT2D eigenvalue weighted by Gasteiger charge is 2.33. The molecule has 166 valence electrons. The minimum atomic E-state index is -3.54. The van der Waals surface area contributed by atoms with Gasteiger partial charge in [-0.3, -0.25) is 4.79 Å². The molecule has 2 aliphatic heterocycles. The lowest BCUT2D eigenvalue weighted by molar-refractivity contribution is 0.0735. The molecule has 0 saturated carbocycles. The summed E-state index contributed by atoms with van der Waals surface area (Å²) in [6.45, 7) is 3.21. The number of carbonyl (C=O) groups excluding carboxylic acids is 1. The zero-order valence-electron chi connectivity index (χ0n) is 18.2. The summed E-state index contributed by atoms with van der Waals surface area (Å²) in [6.07, 6.45) is 4.70. The van der Waals surface area contributed by atoms with Crippen LogP contribution in [0.1, 0.15) is 61.0 Å². The van der Waals surface area contributed by atoms with Crippen LogP contribution in [0.4, 0.5) is 0 Å². The van der Waals surface area contributed by atoms with Crippen molar-refractivity contribution in [3.8, 4) is 5.75 Å². The molecule has 0 aromatic heterocycles. The van der Waals surface area contributed by atoms with Crippen molar-refractivity contribution < 1.29 is 17.9 Å². The van der Waals surface area contributed by atoms with E-state index in [9.17, 15) is 13.2 Å². The summed E-state index contributed by atoms with van der Waals surface area (Å²) >= 11 is 0. The van der Waals surface area contributed by atoms with E-state index >= 15 is 0 Å². The smallest absolute Gasteiger partial charge is 0.254 e. The molecule has 2 fully saturated rings. The van der Waals surface area contributed by atoms with Gasteiger partial charge in [0.2, 0.25) is 10.0 Å². The number of methoxy groups -OCH3 is 1. The number of likely N-dealkylation sites (tertiary alicyclic amines) is 1. The molecule has 0 bridgehead atoms. The van der Waals surface area contributed by atoms with Crippen LogP contribution in [0.5, 0.6) is 5.75 Å². The van der Waals surface area contributed by atoms with Crippen LogP contribution in [0.3, 0.4) is 0 Å². The van der Waals surface area contributed by atoms with Crippen molar-refractivity contribution in [1.29, 1.82) is 0 Å². The fraction of sp³-hybridized carbons (Fsp3) is 0.458. The third-order valence-electron chi connectivity index (χ3n) is 6.46. The fourth-order valence-corrected chi connectivity index (χ4v) is 6.38. The van der Waals surface area contributed by atoms with Gasteiger partial charge in [-0.1, -0.05) is 18.6 Å². The SMILES string of the molecule is COc1ccc(C2CCCN2C(=O)c2ccc(S(=O)(=O)N3CCCCC3C)cc2)cc1. The van der Waals surface area contributed by atoms with Gasteiger partial charge >= 0.3 is 0 Å². The average Bonchev–Trinajstić information content (AvgIpc) is 3.29. The molecule has 0 aliphatic carbocycles. The number of rotatable bonds is 5. The predicted molar refractivity (Wildman–Crippen MR) is 120 cm³/mol. The van der Waals surface area contributed by atoms with Gasteiger partial charge in [0.05, 0.1) is 18.0 Å². The molecule has 2 aromatic rings. The fourth-order valence-electron chi connectivity index (χ4n) is 4.68. The first-order valence-corrected chi connectivity index (χ1v) is 12.4. The number of nitrogens with zero attached hydrogens (tertiary/aromatic N) is 2. The molecule has 2 aliphatic rings. The Bertz CT molecular complexity index is 1020. The van der Waals surface area contributed by atoms with Crippen molar-refractivity contribution in [3.63, 3.8) is 0 Å². The van der Waals surface area contributed by atoms with Crippen LogP contribution in [0.2, 0.25) is 0 Å². The molecule has 2 atom stereocenters. The monoisotopic (exact) mass is 442 g/mol. The highest BCUT2D eigenvalue weighted by molar-refractivity contribution is 7.89. The van der Waals surface area contributed by atoms with Gasteiger partial charge in [-0.05, 0) is 74.6 Å². The zero-order valence-corrected chi connectivity index (χ0v) is 19.0. The van der Waals surface area contributed by atoms with E-state index in [0.29, 0.717) is 18.7 Å². The highest BCUT2D eigenvalue weighted by Crippen LogP contribution is 2.34. The maximum absolute atomic E-state index is 13.2. The number of hydrogen-bond donors (Lipinski definition) is 0. The molecule has 0 spiro atoms. The minimum Gasteiger partial charge on any atom is -0.497 e. The maximum atomic E-state index is 13.2. The van der Waals surface area contributed by atoms with Crippen LogP contribution in [0, 0.1) is 0 Å². The third kappa shape index (κ3) is 4.34.